The Morgan fingerprint density at radius 3 is 2.53 bits per heavy atom. The smallest absolute Gasteiger partial charge is 0.0610 e. The van der Waals surface area contributed by atoms with Crippen LogP contribution in [0.15, 0.2) is 0 Å². The standard InChI is InChI=1S/C16H34N2O/c1-4-12-17-16(2,14-19)11-7-8-13-18(3)15-9-5-6-10-15/h15,17,19H,4-14H2,1-3H3. The molecular weight excluding hydrogens is 236 g/mol. The number of aliphatic hydroxyl groups is 1. The molecule has 0 radical (unpaired) electrons. The first kappa shape index (κ1) is 16.9. The van der Waals surface area contributed by atoms with E-state index in [1.54, 1.807) is 0 Å². The van der Waals surface area contributed by atoms with E-state index in [1.807, 2.05) is 0 Å². The Morgan fingerprint density at radius 2 is 1.95 bits per heavy atom. The highest BCUT2D eigenvalue weighted by atomic mass is 16.3. The lowest BCUT2D eigenvalue weighted by molar-refractivity contribution is 0.160. The van der Waals surface area contributed by atoms with Crippen molar-refractivity contribution in [2.45, 2.75) is 76.8 Å². The molecule has 1 atom stereocenters. The first-order valence-electron chi connectivity index (χ1n) is 8.17. The van der Waals surface area contributed by atoms with Crippen molar-refractivity contribution >= 4 is 0 Å². The molecule has 1 unspecified atom stereocenters. The molecule has 1 rings (SSSR count). The first-order valence-corrected chi connectivity index (χ1v) is 8.17. The third-order valence-electron chi connectivity index (χ3n) is 4.59. The van der Waals surface area contributed by atoms with Gasteiger partial charge in [-0.3, -0.25) is 0 Å². The van der Waals surface area contributed by atoms with E-state index < -0.39 is 0 Å². The molecule has 0 amide bonds. The first-order chi connectivity index (χ1) is 9.11. The summed E-state index contributed by atoms with van der Waals surface area (Å²) in [6, 6.07) is 0.836. The van der Waals surface area contributed by atoms with Gasteiger partial charge in [-0.25, -0.2) is 0 Å². The van der Waals surface area contributed by atoms with Gasteiger partial charge in [0, 0.05) is 11.6 Å². The van der Waals surface area contributed by atoms with Crippen molar-refractivity contribution in [3.63, 3.8) is 0 Å². The van der Waals surface area contributed by atoms with Gasteiger partial charge >= 0.3 is 0 Å². The fourth-order valence-corrected chi connectivity index (χ4v) is 3.05. The lowest BCUT2D eigenvalue weighted by Gasteiger charge is -2.29. The predicted octanol–water partition coefficient (Wildman–Crippen LogP) is 2.78. The molecule has 1 fully saturated rings. The predicted molar refractivity (Wildman–Crippen MR) is 82.5 cm³/mol. The summed E-state index contributed by atoms with van der Waals surface area (Å²) in [6.07, 6.45) is 10.3. The highest BCUT2D eigenvalue weighted by Crippen LogP contribution is 2.23. The van der Waals surface area contributed by atoms with Crippen LogP contribution in [0.4, 0.5) is 0 Å². The summed E-state index contributed by atoms with van der Waals surface area (Å²) >= 11 is 0. The molecule has 3 heteroatoms. The molecule has 0 spiro atoms. The van der Waals surface area contributed by atoms with Gasteiger partial charge in [-0.2, -0.15) is 0 Å². The van der Waals surface area contributed by atoms with Crippen molar-refractivity contribution in [3.8, 4) is 0 Å². The van der Waals surface area contributed by atoms with Crippen LogP contribution in [-0.4, -0.2) is 48.3 Å². The summed E-state index contributed by atoms with van der Waals surface area (Å²) in [7, 11) is 2.27. The topological polar surface area (TPSA) is 35.5 Å². The van der Waals surface area contributed by atoms with Gasteiger partial charge in [0.05, 0.1) is 6.61 Å². The van der Waals surface area contributed by atoms with Gasteiger partial charge < -0.3 is 15.3 Å². The van der Waals surface area contributed by atoms with Gasteiger partial charge in [-0.1, -0.05) is 26.2 Å². The number of nitrogens with one attached hydrogen (secondary N) is 1. The van der Waals surface area contributed by atoms with Gasteiger partial charge in [-0.15, -0.1) is 0 Å². The van der Waals surface area contributed by atoms with Gasteiger partial charge in [0.1, 0.15) is 0 Å². The lowest BCUT2D eigenvalue weighted by Crippen LogP contribution is -2.46. The molecular formula is C16H34N2O. The van der Waals surface area contributed by atoms with Crippen molar-refractivity contribution in [1.29, 1.82) is 0 Å². The molecule has 114 valence electrons. The molecule has 1 saturated carbocycles. The molecule has 0 saturated heterocycles. The number of rotatable bonds is 10. The van der Waals surface area contributed by atoms with E-state index in [0.717, 1.165) is 25.4 Å². The molecule has 0 aromatic heterocycles. The third kappa shape index (κ3) is 6.24. The van der Waals surface area contributed by atoms with Crippen LogP contribution in [0.3, 0.4) is 0 Å². The van der Waals surface area contributed by atoms with Crippen LogP contribution < -0.4 is 5.32 Å². The number of hydrogen-bond acceptors (Lipinski definition) is 3. The van der Waals surface area contributed by atoms with Crippen molar-refractivity contribution in [2.75, 3.05) is 26.7 Å². The van der Waals surface area contributed by atoms with Crippen molar-refractivity contribution < 1.29 is 5.11 Å². The SMILES string of the molecule is CCCNC(C)(CO)CCCCN(C)C1CCCC1. The largest absolute Gasteiger partial charge is 0.394 e. The van der Waals surface area contributed by atoms with Gasteiger partial charge in [0.25, 0.3) is 0 Å². The zero-order valence-corrected chi connectivity index (χ0v) is 13.2. The third-order valence-corrected chi connectivity index (χ3v) is 4.59. The quantitative estimate of drug-likeness (QED) is 0.599. The van der Waals surface area contributed by atoms with E-state index in [-0.39, 0.29) is 12.1 Å². The van der Waals surface area contributed by atoms with E-state index in [0.29, 0.717) is 0 Å². The number of unbranched alkanes of at least 4 members (excludes halogenated alkanes) is 1. The maximum Gasteiger partial charge on any atom is 0.0610 e. The number of nitrogens with zero attached hydrogens (tertiary/aromatic N) is 1. The molecule has 1 aliphatic carbocycles. The summed E-state index contributed by atoms with van der Waals surface area (Å²) in [5.41, 5.74) is -0.0814. The zero-order chi connectivity index (χ0) is 14.1. The molecule has 19 heavy (non-hydrogen) atoms. The van der Waals surface area contributed by atoms with E-state index in [2.05, 4.69) is 31.1 Å². The molecule has 0 heterocycles. The van der Waals surface area contributed by atoms with E-state index in [1.165, 1.54) is 45.1 Å². The van der Waals surface area contributed by atoms with Crippen LogP contribution in [0.5, 0.6) is 0 Å². The summed E-state index contributed by atoms with van der Waals surface area (Å²) in [6.45, 7) is 6.76. The Kier molecular flexibility index (Phi) is 7.96. The Balaban J connectivity index is 2.13. The van der Waals surface area contributed by atoms with Crippen LogP contribution in [0.2, 0.25) is 0 Å². The zero-order valence-electron chi connectivity index (χ0n) is 13.2. The van der Waals surface area contributed by atoms with E-state index in [4.69, 9.17) is 0 Å². The summed E-state index contributed by atoms with van der Waals surface area (Å²) in [5.74, 6) is 0. The lowest BCUT2D eigenvalue weighted by atomic mass is 9.95. The van der Waals surface area contributed by atoms with Gasteiger partial charge in [0.2, 0.25) is 0 Å². The Labute approximate surface area is 119 Å². The van der Waals surface area contributed by atoms with Crippen molar-refractivity contribution in [3.05, 3.63) is 0 Å². The number of aliphatic hydroxyl groups excluding tert-OH is 1. The van der Waals surface area contributed by atoms with Gasteiger partial charge in [-0.05, 0) is 59.2 Å². The second kappa shape index (κ2) is 8.93. The Morgan fingerprint density at radius 1 is 1.26 bits per heavy atom. The van der Waals surface area contributed by atoms with Gasteiger partial charge in [0.15, 0.2) is 0 Å². The maximum atomic E-state index is 9.52. The Hall–Kier alpha value is -0.120. The average molecular weight is 270 g/mol. The van der Waals surface area contributed by atoms with Crippen molar-refractivity contribution in [1.82, 2.24) is 10.2 Å². The highest BCUT2D eigenvalue weighted by Gasteiger charge is 2.22. The summed E-state index contributed by atoms with van der Waals surface area (Å²) in [4.78, 5) is 2.54. The second-order valence-corrected chi connectivity index (χ2v) is 6.52. The minimum absolute atomic E-state index is 0.0814. The maximum absolute atomic E-state index is 9.52. The fraction of sp³-hybridized carbons (Fsp3) is 1.00. The van der Waals surface area contributed by atoms with Crippen molar-refractivity contribution in [2.24, 2.45) is 0 Å². The van der Waals surface area contributed by atoms with Crippen LogP contribution in [-0.2, 0) is 0 Å². The van der Waals surface area contributed by atoms with Crippen LogP contribution in [0, 0.1) is 0 Å². The Bertz CT molecular complexity index is 229. The highest BCUT2D eigenvalue weighted by molar-refractivity contribution is 4.82. The van der Waals surface area contributed by atoms with E-state index in [9.17, 15) is 5.11 Å². The normalized spacial score (nSPS) is 20.1. The minimum Gasteiger partial charge on any atom is -0.394 e. The summed E-state index contributed by atoms with van der Waals surface area (Å²) in [5, 5.41) is 13.0. The molecule has 0 aliphatic heterocycles. The molecule has 3 nitrogen and oxygen atoms in total. The molecule has 0 bridgehead atoms. The number of hydrogen-bond donors (Lipinski definition) is 2. The van der Waals surface area contributed by atoms with Crippen LogP contribution in [0.25, 0.3) is 0 Å². The van der Waals surface area contributed by atoms with Crippen LogP contribution in [0.1, 0.15) is 65.2 Å². The van der Waals surface area contributed by atoms with E-state index >= 15 is 0 Å². The minimum atomic E-state index is -0.0814. The second-order valence-electron chi connectivity index (χ2n) is 6.52. The molecule has 0 aromatic carbocycles. The van der Waals surface area contributed by atoms with Crippen LogP contribution >= 0.6 is 0 Å². The molecule has 1 aliphatic rings. The molecule has 2 N–H and O–H groups in total. The summed E-state index contributed by atoms with van der Waals surface area (Å²) < 4.78 is 0. The monoisotopic (exact) mass is 270 g/mol. The average Bonchev–Trinajstić information content (AvgIpc) is 2.95. The molecule has 0 aromatic rings. The fourth-order valence-electron chi connectivity index (χ4n) is 3.05.